The van der Waals surface area contributed by atoms with Gasteiger partial charge in [0, 0.05) is 18.2 Å². The summed E-state index contributed by atoms with van der Waals surface area (Å²) < 4.78 is 5.77. The third-order valence-electron chi connectivity index (χ3n) is 4.87. The standard InChI is InChI=1S/C22H26N2O4/c1-15(2)22(27)23-18-10-8-17(9-11-18)21-19(13-25)24(20(26)14-28-21)12-16-6-4-3-5-7-16/h3-11,15,19,21,25H,12-14H2,1-2H3,(H,23,27)/t19-,21-/m1/s1. The van der Waals surface area contributed by atoms with E-state index in [9.17, 15) is 14.7 Å². The smallest absolute Gasteiger partial charge is 0.249 e. The van der Waals surface area contributed by atoms with Gasteiger partial charge in [0.2, 0.25) is 11.8 Å². The topological polar surface area (TPSA) is 78.9 Å². The van der Waals surface area contributed by atoms with Crippen molar-refractivity contribution in [3.05, 3.63) is 65.7 Å². The number of hydrogen-bond acceptors (Lipinski definition) is 4. The summed E-state index contributed by atoms with van der Waals surface area (Å²) in [5.41, 5.74) is 2.56. The van der Waals surface area contributed by atoms with E-state index in [1.807, 2.05) is 68.4 Å². The molecule has 0 radical (unpaired) electrons. The molecule has 0 aromatic heterocycles. The summed E-state index contributed by atoms with van der Waals surface area (Å²) in [6, 6.07) is 16.6. The summed E-state index contributed by atoms with van der Waals surface area (Å²) in [5, 5.41) is 12.8. The minimum Gasteiger partial charge on any atom is -0.394 e. The van der Waals surface area contributed by atoms with Crippen LogP contribution in [0.5, 0.6) is 0 Å². The molecule has 6 nitrogen and oxygen atoms in total. The van der Waals surface area contributed by atoms with E-state index in [2.05, 4.69) is 5.32 Å². The summed E-state index contributed by atoms with van der Waals surface area (Å²) in [6.07, 6.45) is -0.429. The van der Waals surface area contributed by atoms with Gasteiger partial charge in [0.15, 0.2) is 0 Å². The first kappa shape index (κ1) is 20.0. The number of nitrogens with one attached hydrogen (secondary N) is 1. The van der Waals surface area contributed by atoms with Crippen molar-refractivity contribution in [1.82, 2.24) is 4.90 Å². The molecule has 2 aromatic carbocycles. The van der Waals surface area contributed by atoms with Gasteiger partial charge in [-0.3, -0.25) is 9.59 Å². The zero-order valence-corrected chi connectivity index (χ0v) is 16.2. The van der Waals surface area contributed by atoms with E-state index < -0.39 is 12.1 Å². The van der Waals surface area contributed by atoms with E-state index in [-0.39, 0.29) is 30.9 Å². The van der Waals surface area contributed by atoms with Crippen LogP contribution in [0.1, 0.15) is 31.1 Å². The van der Waals surface area contributed by atoms with E-state index in [0.29, 0.717) is 12.2 Å². The SMILES string of the molecule is CC(C)C(=O)Nc1ccc([C@H]2OCC(=O)N(Cc3ccccc3)[C@@H]2CO)cc1. The summed E-state index contributed by atoms with van der Waals surface area (Å²) in [4.78, 5) is 25.9. The number of benzene rings is 2. The predicted molar refractivity (Wildman–Crippen MR) is 106 cm³/mol. The van der Waals surface area contributed by atoms with Gasteiger partial charge >= 0.3 is 0 Å². The summed E-state index contributed by atoms with van der Waals surface area (Å²) >= 11 is 0. The van der Waals surface area contributed by atoms with Gasteiger partial charge in [0.1, 0.15) is 12.7 Å². The number of carbonyl (C=O) groups is 2. The third kappa shape index (κ3) is 4.58. The molecule has 6 heteroatoms. The van der Waals surface area contributed by atoms with Crippen molar-refractivity contribution >= 4 is 17.5 Å². The minimum atomic E-state index is -0.474. The predicted octanol–water partition coefficient (Wildman–Crippen LogP) is 2.74. The van der Waals surface area contributed by atoms with Crippen LogP contribution < -0.4 is 5.32 Å². The fraction of sp³-hybridized carbons (Fsp3) is 0.364. The highest BCUT2D eigenvalue weighted by Crippen LogP contribution is 2.31. The Bertz CT molecular complexity index is 805. The number of hydrogen-bond donors (Lipinski definition) is 2. The van der Waals surface area contributed by atoms with Crippen LogP contribution in [0.4, 0.5) is 5.69 Å². The molecule has 0 aliphatic carbocycles. The maximum Gasteiger partial charge on any atom is 0.249 e. The Kier molecular flexibility index (Phi) is 6.44. The molecule has 1 aliphatic rings. The normalized spacial score (nSPS) is 19.7. The number of nitrogens with zero attached hydrogens (tertiary/aromatic N) is 1. The van der Waals surface area contributed by atoms with Crippen molar-refractivity contribution < 1.29 is 19.4 Å². The first-order valence-electron chi connectivity index (χ1n) is 9.46. The lowest BCUT2D eigenvalue weighted by Crippen LogP contribution is -2.52. The average Bonchev–Trinajstić information content (AvgIpc) is 2.70. The van der Waals surface area contributed by atoms with Crippen LogP contribution in [0, 0.1) is 5.92 Å². The van der Waals surface area contributed by atoms with Crippen molar-refractivity contribution in [2.75, 3.05) is 18.5 Å². The molecule has 148 valence electrons. The van der Waals surface area contributed by atoms with Crippen molar-refractivity contribution in [2.24, 2.45) is 5.92 Å². The van der Waals surface area contributed by atoms with Crippen LogP contribution >= 0.6 is 0 Å². The van der Waals surface area contributed by atoms with Gasteiger partial charge in [0.05, 0.1) is 12.6 Å². The molecule has 1 fully saturated rings. The van der Waals surface area contributed by atoms with Crippen LogP contribution in [0.2, 0.25) is 0 Å². The molecule has 28 heavy (non-hydrogen) atoms. The molecule has 2 aromatic rings. The monoisotopic (exact) mass is 382 g/mol. The van der Waals surface area contributed by atoms with E-state index in [1.54, 1.807) is 4.90 Å². The van der Waals surface area contributed by atoms with Crippen LogP contribution in [-0.4, -0.2) is 41.1 Å². The highest BCUT2D eigenvalue weighted by molar-refractivity contribution is 5.92. The Morgan fingerprint density at radius 3 is 2.46 bits per heavy atom. The van der Waals surface area contributed by atoms with E-state index in [1.165, 1.54) is 0 Å². The lowest BCUT2D eigenvalue weighted by molar-refractivity contribution is -0.162. The van der Waals surface area contributed by atoms with Gasteiger partial charge < -0.3 is 20.1 Å². The Labute approximate surface area is 165 Å². The molecular formula is C22H26N2O4. The van der Waals surface area contributed by atoms with E-state index in [0.717, 1.165) is 11.1 Å². The molecule has 3 rings (SSSR count). The van der Waals surface area contributed by atoms with Gasteiger partial charge in [-0.15, -0.1) is 0 Å². The molecule has 0 bridgehead atoms. The van der Waals surface area contributed by atoms with Crippen LogP contribution in [0.25, 0.3) is 0 Å². The van der Waals surface area contributed by atoms with Crippen molar-refractivity contribution in [1.29, 1.82) is 0 Å². The van der Waals surface area contributed by atoms with Gasteiger partial charge in [-0.1, -0.05) is 56.3 Å². The maximum atomic E-state index is 12.4. The second kappa shape index (κ2) is 8.99. The number of ether oxygens (including phenoxy) is 1. The summed E-state index contributed by atoms with van der Waals surface area (Å²) in [7, 11) is 0. The van der Waals surface area contributed by atoms with Crippen molar-refractivity contribution in [3.8, 4) is 0 Å². The zero-order chi connectivity index (χ0) is 20.1. The first-order valence-corrected chi connectivity index (χ1v) is 9.46. The molecule has 2 N–H and O–H groups in total. The molecule has 1 heterocycles. The molecule has 0 unspecified atom stereocenters. The Hall–Kier alpha value is -2.70. The number of morpholine rings is 1. The minimum absolute atomic E-state index is 0.0279. The molecule has 1 aliphatic heterocycles. The number of anilines is 1. The average molecular weight is 382 g/mol. The second-order valence-electron chi connectivity index (χ2n) is 7.25. The summed E-state index contributed by atoms with van der Waals surface area (Å²) in [6.45, 7) is 3.87. The van der Waals surface area contributed by atoms with Crippen LogP contribution in [0.15, 0.2) is 54.6 Å². The highest BCUT2D eigenvalue weighted by Gasteiger charge is 2.37. The molecular weight excluding hydrogens is 356 g/mol. The van der Waals surface area contributed by atoms with E-state index >= 15 is 0 Å². The zero-order valence-electron chi connectivity index (χ0n) is 16.2. The van der Waals surface area contributed by atoms with Gasteiger partial charge in [-0.2, -0.15) is 0 Å². The summed E-state index contributed by atoms with van der Waals surface area (Å²) in [5.74, 6) is -0.285. The Morgan fingerprint density at radius 2 is 1.86 bits per heavy atom. The largest absolute Gasteiger partial charge is 0.394 e. The number of carbonyl (C=O) groups excluding carboxylic acids is 2. The number of aliphatic hydroxyl groups is 1. The second-order valence-corrected chi connectivity index (χ2v) is 7.25. The number of amides is 2. The van der Waals surface area contributed by atoms with E-state index in [4.69, 9.17) is 4.74 Å². The molecule has 2 atom stereocenters. The van der Waals surface area contributed by atoms with Crippen molar-refractivity contribution in [2.45, 2.75) is 32.5 Å². The maximum absolute atomic E-state index is 12.4. The van der Waals surface area contributed by atoms with Gasteiger partial charge in [-0.05, 0) is 23.3 Å². The van der Waals surface area contributed by atoms with Crippen LogP contribution in [-0.2, 0) is 20.9 Å². The quantitative estimate of drug-likeness (QED) is 0.805. The lowest BCUT2D eigenvalue weighted by Gasteiger charge is -2.40. The van der Waals surface area contributed by atoms with Crippen LogP contribution in [0.3, 0.4) is 0 Å². The fourth-order valence-corrected chi connectivity index (χ4v) is 3.24. The lowest BCUT2D eigenvalue weighted by atomic mass is 9.98. The number of rotatable bonds is 6. The molecule has 2 amide bonds. The molecule has 0 spiro atoms. The third-order valence-corrected chi connectivity index (χ3v) is 4.87. The van der Waals surface area contributed by atoms with Gasteiger partial charge in [0.25, 0.3) is 0 Å². The first-order chi connectivity index (χ1) is 13.5. The number of aliphatic hydroxyl groups excluding tert-OH is 1. The van der Waals surface area contributed by atoms with Gasteiger partial charge in [-0.25, -0.2) is 0 Å². The van der Waals surface area contributed by atoms with Crippen molar-refractivity contribution in [3.63, 3.8) is 0 Å². The Balaban J connectivity index is 1.77. The molecule has 0 saturated carbocycles. The molecule has 1 saturated heterocycles. The highest BCUT2D eigenvalue weighted by atomic mass is 16.5. The Morgan fingerprint density at radius 1 is 1.18 bits per heavy atom. The fourth-order valence-electron chi connectivity index (χ4n) is 3.24.